The molecule has 0 fully saturated rings. The Balaban J connectivity index is 1.53. The maximum atomic E-state index is 12.3. The largest absolute Gasteiger partial charge is 0.323 e. The molecule has 0 aliphatic rings. The Hall–Kier alpha value is -3.47. The van der Waals surface area contributed by atoms with Crippen molar-refractivity contribution in [1.29, 1.82) is 0 Å². The molecule has 4 aromatic rings. The minimum Gasteiger partial charge on any atom is -0.308 e. The number of amides is 2. The lowest BCUT2D eigenvalue weighted by molar-refractivity contribution is 0.262. The van der Waals surface area contributed by atoms with Crippen LogP contribution >= 0.6 is 0 Å². The number of rotatable bonds is 2. The second kappa shape index (κ2) is 6.44. The van der Waals surface area contributed by atoms with E-state index in [1.807, 2.05) is 74.5 Å². The van der Waals surface area contributed by atoms with Crippen molar-refractivity contribution >= 4 is 39.2 Å². The number of carbonyl (C=O) groups excluding carboxylic acids is 1. The third-order valence-electron chi connectivity index (χ3n) is 4.34. The van der Waals surface area contributed by atoms with Gasteiger partial charge >= 0.3 is 6.03 Å². The molecule has 128 valence electrons. The minimum absolute atomic E-state index is 0.295. The molecule has 0 atom stereocenters. The minimum atomic E-state index is -0.295. The molecule has 0 bridgehead atoms. The molecule has 1 aromatic heterocycles. The van der Waals surface area contributed by atoms with E-state index in [9.17, 15) is 4.79 Å². The number of hydrogen-bond acceptors (Lipinski definition) is 3. The van der Waals surface area contributed by atoms with Crippen LogP contribution in [0.25, 0.3) is 21.8 Å². The highest BCUT2D eigenvalue weighted by Gasteiger charge is 2.06. The first kappa shape index (κ1) is 16.0. The molecule has 2 amide bonds. The topological polar surface area (TPSA) is 66.9 Å². The van der Waals surface area contributed by atoms with Crippen LogP contribution in [0.2, 0.25) is 0 Å². The molecule has 2 N–H and O–H groups in total. The summed E-state index contributed by atoms with van der Waals surface area (Å²) in [6, 6.07) is 19.1. The average molecular weight is 342 g/mol. The van der Waals surface area contributed by atoms with Crippen molar-refractivity contribution < 1.29 is 4.79 Å². The van der Waals surface area contributed by atoms with E-state index in [1.165, 1.54) is 0 Å². The number of aromatic nitrogens is 2. The van der Waals surface area contributed by atoms with Crippen LogP contribution < -0.4 is 10.6 Å². The molecule has 0 radical (unpaired) electrons. The molecule has 0 aliphatic carbocycles. The van der Waals surface area contributed by atoms with Gasteiger partial charge < -0.3 is 10.6 Å². The lowest BCUT2D eigenvalue weighted by atomic mass is 10.1. The van der Waals surface area contributed by atoms with Gasteiger partial charge in [-0.2, -0.15) is 0 Å². The molecule has 4 rings (SSSR count). The van der Waals surface area contributed by atoms with E-state index < -0.39 is 0 Å². The van der Waals surface area contributed by atoms with Gasteiger partial charge in [-0.05, 0) is 55.0 Å². The first-order valence-corrected chi connectivity index (χ1v) is 8.40. The Bertz CT molecular complexity index is 1140. The third-order valence-corrected chi connectivity index (χ3v) is 4.34. The number of nitrogens with one attached hydrogen (secondary N) is 2. The van der Waals surface area contributed by atoms with Crippen LogP contribution in [0, 0.1) is 13.8 Å². The van der Waals surface area contributed by atoms with Crippen LogP contribution in [0.1, 0.15) is 11.4 Å². The zero-order chi connectivity index (χ0) is 18.1. The van der Waals surface area contributed by atoms with Gasteiger partial charge in [0.1, 0.15) is 0 Å². The van der Waals surface area contributed by atoms with E-state index in [0.717, 1.165) is 38.9 Å². The highest BCUT2D eigenvalue weighted by molar-refractivity contribution is 6.02. The number of nitrogens with zero attached hydrogens (tertiary/aromatic N) is 2. The van der Waals surface area contributed by atoms with Crippen molar-refractivity contribution in [2.45, 2.75) is 13.8 Å². The normalized spacial score (nSPS) is 10.8. The lowest BCUT2D eigenvalue weighted by Crippen LogP contribution is -2.19. The molecule has 0 unspecified atom stereocenters. The number of aryl methyl sites for hydroxylation is 2. The third kappa shape index (κ3) is 3.19. The lowest BCUT2D eigenvalue weighted by Gasteiger charge is -2.09. The quantitative estimate of drug-likeness (QED) is 0.536. The average Bonchev–Trinajstić information content (AvgIpc) is 2.63. The molecular formula is C21H18N4O. The first-order chi connectivity index (χ1) is 12.6. The van der Waals surface area contributed by atoms with Gasteiger partial charge in [-0.3, -0.25) is 0 Å². The van der Waals surface area contributed by atoms with Gasteiger partial charge in [-0.25, -0.2) is 14.8 Å². The molecule has 26 heavy (non-hydrogen) atoms. The van der Waals surface area contributed by atoms with E-state index in [1.54, 1.807) is 0 Å². The summed E-state index contributed by atoms with van der Waals surface area (Å²) in [6.45, 7) is 3.86. The number of benzene rings is 3. The Kier molecular flexibility index (Phi) is 3.97. The zero-order valence-electron chi connectivity index (χ0n) is 14.6. The van der Waals surface area contributed by atoms with Gasteiger partial charge in [0.2, 0.25) is 0 Å². The Morgan fingerprint density at radius 2 is 1.35 bits per heavy atom. The van der Waals surface area contributed by atoms with Gasteiger partial charge in [0.15, 0.2) is 0 Å². The van der Waals surface area contributed by atoms with Gasteiger partial charge in [0.05, 0.1) is 22.4 Å². The van der Waals surface area contributed by atoms with Crippen LogP contribution in [0.4, 0.5) is 16.2 Å². The molecule has 0 spiro atoms. The van der Waals surface area contributed by atoms with Crippen LogP contribution in [-0.2, 0) is 0 Å². The Labute approximate surface area is 151 Å². The summed E-state index contributed by atoms with van der Waals surface area (Å²) in [4.78, 5) is 21.3. The van der Waals surface area contributed by atoms with Crippen LogP contribution in [0.3, 0.4) is 0 Å². The second-order valence-corrected chi connectivity index (χ2v) is 6.24. The summed E-state index contributed by atoms with van der Waals surface area (Å²) in [6.07, 6.45) is 0. The van der Waals surface area contributed by atoms with Gasteiger partial charge in [0.25, 0.3) is 0 Å². The fourth-order valence-corrected chi connectivity index (χ4v) is 2.87. The van der Waals surface area contributed by atoms with E-state index in [0.29, 0.717) is 5.69 Å². The second-order valence-electron chi connectivity index (χ2n) is 6.24. The van der Waals surface area contributed by atoms with Gasteiger partial charge in [-0.15, -0.1) is 0 Å². The van der Waals surface area contributed by atoms with E-state index in [2.05, 4.69) is 20.6 Å². The Morgan fingerprint density at radius 3 is 2.12 bits per heavy atom. The summed E-state index contributed by atoms with van der Waals surface area (Å²) < 4.78 is 0. The molecule has 5 nitrogen and oxygen atoms in total. The summed E-state index contributed by atoms with van der Waals surface area (Å²) in [7, 11) is 0. The van der Waals surface area contributed by atoms with Crippen LogP contribution in [0.5, 0.6) is 0 Å². The van der Waals surface area contributed by atoms with Crippen molar-refractivity contribution in [3.63, 3.8) is 0 Å². The standard InChI is InChI=1S/C21H18N4O/c1-13-14(2)23-20-12-18(9-10-19(20)22-13)25-21(26)24-17-8-7-15-5-3-4-6-16(15)11-17/h3-12H,1-2H3,(H2,24,25,26). The highest BCUT2D eigenvalue weighted by atomic mass is 16.2. The summed E-state index contributed by atoms with van der Waals surface area (Å²) in [5, 5.41) is 7.93. The predicted octanol–water partition coefficient (Wildman–Crippen LogP) is 5.04. The molecule has 0 saturated carbocycles. The fourth-order valence-electron chi connectivity index (χ4n) is 2.87. The van der Waals surface area contributed by atoms with Crippen molar-refractivity contribution in [2.75, 3.05) is 10.6 Å². The highest BCUT2D eigenvalue weighted by Crippen LogP contribution is 2.20. The zero-order valence-corrected chi connectivity index (χ0v) is 14.6. The number of fused-ring (bicyclic) bond motifs is 2. The van der Waals surface area contributed by atoms with Gasteiger partial charge in [0, 0.05) is 11.4 Å². The van der Waals surface area contributed by atoms with Crippen molar-refractivity contribution in [3.8, 4) is 0 Å². The molecule has 5 heteroatoms. The fraction of sp³-hybridized carbons (Fsp3) is 0.0952. The number of urea groups is 1. The van der Waals surface area contributed by atoms with E-state index in [4.69, 9.17) is 0 Å². The molecule has 0 saturated heterocycles. The predicted molar refractivity (Wildman–Crippen MR) is 106 cm³/mol. The maximum Gasteiger partial charge on any atom is 0.323 e. The summed E-state index contributed by atoms with van der Waals surface area (Å²) >= 11 is 0. The van der Waals surface area contributed by atoms with Crippen molar-refractivity contribution in [2.24, 2.45) is 0 Å². The van der Waals surface area contributed by atoms with Crippen molar-refractivity contribution in [3.05, 3.63) is 72.1 Å². The number of carbonyl (C=O) groups is 1. The van der Waals surface area contributed by atoms with E-state index in [-0.39, 0.29) is 6.03 Å². The van der Waals surface area contributed by atoms with Gasteiger partial charge in [-0.1, -0.05) is 30.3 Å². The summed E-state index contributed by atoms with van der Waals surface area (Å²) in [5.74, 6) is 0. The van der Waals surface area contributed by atoms with E-state index >= 15 is 0 Å². The van der Waals surface area contributed by atoms with Crippen LogP contribution in [-0.4, -0.2) is 16.0 Å². The number of anilines is 2. The number of hydrogen-bond donors (Lipinski definition) is 2. The molecule has 0 aliphatic heterocycles. The molecule has 3 aromatic carbocycles. The van der Waals surface area contributed by atoms with Crippen LogP contribution in [0.15, 0.2) is 60.7 Å². The molecule has 1 heterocycles. The SMILES string of the molecule is Cc1nc2ccc(NC(=O)Nc3ccc4ccccc4c3)cc2nc1C. The Morgan fingerprint density at radius 1 is 0.731 bits per heavy atom. The summed E-state index contributed by atoms with van der Waals surface area (Å²) in [5.41, 5.74) is 4.79. The smallest absolute Gasteiger partial charge is 0.308 e. The first-order valence-electron chi connectivity index (χ1n) is 8.40. The monoisotopic (exact) mass is 342 g/mol. The maximum absolute atomic E-state index is 12.3. The molecular weight excluding hydrogens is 324 g/mol. The van der Waals surface area contributed by atoms with Crippen molar-refractivity contribution in [1.82, 2.24) is 9.97 Å².